The van der Waals surface area contributed by atoms with Gasteiger partial charge in [-0.3, -0.25) is 4.72 Å². The third-order valence-corrected chi connectivity index (χ3v) is 3.24. The third kappa shape index (κ3) is 0.887. The quantitative estimate of drug-likeness (QED) is 0.531. The van der Waals surface area contributed by atoms with Gasteiger partial charge in [0, 0.05) is 6.04 Å². The number of hydrogen-bond donors (Lipinski definition) is 2. The van der Waals surface area contributed by atoms with E-state index in [1.807, 2.05) is 0 Å². The van der Waals surface area contributed by atoms with Gasteiger partial charge in [0.2, 0.25) is 0 Å². The first-order chi connectivity index (χ1) is 4.40. The molecule has 0 aromatic rings. The zero-order valence-corrected chi connectivity index (χ0v) is 6.40. The summed E-state index contributed by atoms with van der Waals surface area (Å²) in [6.45, 7) is 0. The Bertz CT molecular complexity index is 115. The average molecular weight is 143 g/mol. The molecule has 2 heteroatoms. The van der Waals surface area contributed by atoms with Crippen molar-refractivity contribution in [1.82, 2.24) is 4.72 Å². The van der Waals surface area contributed by atoms with Gasteiger partial charge in [-0.25, -0.2) is 0 Å². The second-order valence-corrected chi connectivity index (χ2v) is 3.67. The van der Waals surface area contributed by atoms with Gasteiger partial charge in [-0.1, -0.05) is 19.2 Å². The molecule has 2 saturated carbocycles. The Morgan fingerprint density at radius 1 is 1.22 bits per heavy atom. The fraction of sp³-hybridized carbons (Fsp3) is 1.00. The van der Waals surface area contributed by atoms with Crippen molar-refractivity contribution in [3.05, 3.63) is 0 Å². The molecular formula is C7H13NS. The van der Waals surface area contributed by atoms with Crippen molar-refractivity contribution in [2.24, 2.45) is 11.8 Å². The Hall–Kier alpha value is 0.310. The molecule has 2 aliphatic carbocycles. The van der Waals surface area contributed by atoms with E-state index in [0.29, 0.717) is 0 Å². The lowest BCUT2D eigenvalue weighted by Gasteiger charge is -2.19. The lowest BCUT2D eigenvalue weighted by molar-refractivity contribution is 0.401. The molecule has 0 amide bonds. The van der Waals surface area contributed by atoms with Crippen molar-refractivity contribution in [1.29, 1.82) is 0 Å². The van der Waals surface area contributed by atoms with Crippen LogP contribution in [0.1, 0.15) is 25.7 Å². The number of nitrogens with one attached hydrogen (secondary N) is 1. The van der Waals surface area contributed by atoms with E-state index in [2.05, 4.69) is 17.5 Å². The lowest BCUT2D eigenvalue weighted by atomic mass is 9.96. The topological polar surface area (TPSA) is 12.0 Å². The van der Waals surface area contributed by atoms with Gasteiger partial charge in [-0.2, -0.15) is 0 Å². The number of rotatable bonds is 1. The van der Waals surface area contributed by atoms with Crippen LogP contribution < -0.4 is 4.72 Å². The highest BCUT2D eigenvalue weighted by atomic mass is 32.1. The van der Waals surface area contributed by atoms with Gasteiger partial charge in [0.1, 0.15) is 0 Å². The fourth-order valence-corrected chi connectivity index (χ4v) is 2.72. The smallest absolute Gasteiger partial charge is 0.0200 e. The predicted octanol–water partition coefficient (Wildman–Crippen LogP) is 1.61. The Kier molecular flexibility index (Phi) is 1.46. The highest BCUT2D eigenvalue weighted by Gasteiger charge is 2.38. The molecule has 0 heterocycles. The maximum absolute atomic E-state index is 4.10. The normalized spacial score (nSPS) is 48.3. The van der Waals surface area contributed by atoms with Crippen molar-refractivity contribution >= 4 is 12.8 Å². The van der Waals surface area contributed by atoms with Crippen LogP contribution in [0.2, 0.25) is 0 Å². The summed E-state index contributed by atoms with van der Waals surface area (Å²) in [4.78, 5) is 0. The van der Waals surface area contributed by atoms with Crippen molar-refractivity contribution in [3.8, 4) is 0 Å². The second-order valence-electron chi connectivity index (χ2n) is 3.41. The molecule has 0 saturated heterocycles. The minimum Gasteiger partial charge on any atom is -0.263 e. The zero-order valence-electron chi connectivity index (χ0n) is 5.51. The van der Waals surface area contributed by atoms with Gasteiger partial charge in [0.05, 0.1) is 0 Å². The average Bonchev–Trinajstić information content (AvgIpc) is 2.45. The van der Waals surface area contributed by atoms with Crippen molar-refractivity contribution in [3.63, 3.8) is 0 Å². The first kappa shape index (κ1) is 6.05. The maximum Gasteiger partial charge on any atom is 0.0200 e. The summed E-state index contributed by atoms with van der Waals surface area (Å²) < 4.78 is 3.09. The highest BCUT2D eigenvalue weighted by Crippen LogP contribution is 2.44. The SMILES string of the molecule is SNC1CC2CCC1C2. The molecule has 0 spiro atoms. The van der Waals surface area contributed by atoms with Crippen molar-refractivity contribution in [2.45, 2.75) is 31.7 Å². The summed E-state index contributed by atoms with van der Waals surface area (Å²) in [6, 6.07) is 0.743. The number of fused-ring (bicyclic) bond motifs is 2. The van der Waals surface area contributed by atoms with E-state index in [4.69, 9.17) is 0 Å². The molecule has 2 bridgehead atoms. The van der Waals surface area contributed by atoms with E-state index in [1.54, 1.807) is 0 Å². The molecule has 0 radical (unpaired) electrons. The molecule has 9 heavy (non-hydrogen) atoms. The van der Waals surface area contributed by atoms with Crippen LogP contribution in [0.4, 0.5) is 0 Å². The summed E-state index contributed by atoms with van der Waals surface area (Å²) in [7, 11) is 0. The van der Waals surface area contributed by atoms with E-state index < -0.39 is 0 Å². The van der Waals surface area contributed by atoms with Crippen LogP contribution in [0.15, 0.2) is 0 Å². The molecule has 3 unspecified atom stereocenters. The summed E-state index contributed by atoms with van der Waals surface area (Å²) in [5, 5.41) is 0. The largest absolute Gasteiger partial charge is 0.263 e. The molecule has 1 N–H and O–H groups in total. The van der Waals surface area contributed by atoms with E-state index in [9.17, 15) is 0 Å². The highest BCUT2D eigenvalue weighted by molar-refractivity contribution is 7.78. The number of thiol groups is 1. The fourth-order valence-electron chi connectivity index (χ4n) is 2.40. The van der Waals surface area contributed by atoms with E-state index in [-0.39, 0.29) is 0 Å². The lowest BCUT2D eigenvalue weighted by Crippen LogP contribution is -2.26. The Morgan fingerprint density at radius 2 is 2.11 bits per heavy atom. The standard InChI is InChI=1S/C7H13NS/c9-8-7-4-5-1-2-6(7)3-5/h5-9H,1-4H2. The van der Waals surface area contributed by atoms with Crippen LogP contribution in [0, 0.1) is 11.8 Å². The third-order valence-electron chi connectivity index (χ3n) is 2.90. The first-order valence-corrected chi connectivity index (χ1v) is 4.24. The summed E-state index contributed by atoms with van der Waals surface area (Å²) in [5.41, 5.74) is 0. The van der Waals surface area contributed by atoms with Crippen LogP contribution in [0.25, 0.3) is 0 Å². The summed E-state index contributed by atoms with van der Waals surface area (Å²) in [6.07, 6.45) is 5.78. The Morgan fingerprint density at radius 3 is 2.44 bits per heavy atom. The summed E-state index contributed by atoms with van der Waals surface area (Å²) in [5.74, 6) is 2.01. The van der Waals surface area contributed by atoms with Gasteiger partial charge in [-0.05, 0) is 31.1 Å². The first-order valence-electron chi connectivity index (χ1n) is 3.80. The number of hydrogen-bond acceptors (Lipinski definition) is 2. The molecule has 2 rings (SSSR count). The van der Waals surface area contributed by atoms with Crippen LogP contribution in [-0.4, -0.2) is 6.04 Å². The van der Waals surface area contributed by atoms with Gasteiger partial charge in [-0.15, -0.1) is 0 Å². The molecule has 2 fully saturated rings. The minimum absolute atomic E-state index is 0.743. The molecule has 52 valence electrons. The Labute approximate surface area is 61.8 Å². The van der Waals surface area contributed by atoms with E-state index in [1.165, 1.54) is 25.7 Å². The van der Waals surface area contributed by atoms with Crippen LogP contribution in [0.5, 0.6) is 0 Å². The zero-order chi connectivity index (χ0) is 6.27. The van der Waals surface area contributed by atoms with Gasteiger partial charge < -0.3 is 0 Å². The van der Waals surface area contributed by atoms with E-state index in [0.717, 1.165) is 17.9 Å². The van der Waals surface area contributed by atoms with Gasteiger partial charge >= 0.3 is 0 Å². The monoisotopic (exact) mass is 143 g/mol. The van der Waals surface area contributed by atoms with Crippen molar-refractivity contribution in [2.75, 3.05) is 0 Å². The molecule has 1 nitrogen and oxygen atoms in total. The summed E-state index contributed by atoms with van der Waals surface area (Å²) >= 11 is 4.10. The van der Waals surface area contributed by atoms with Gasteiger partial charge in [0.25, 0.3) is 0 Å². The minimum atomic E-state index is 0.743. The van der Waals surface area contributed by atoms with E-state index >= 15 is 0 Å². The second kappa shape index (κ2) is 2.17. The maximum atomic E-state index is 4.10. The Balaban J connectivity index is 2.01. The van der Waals surface area contributed by atoms with Crippen LogP contribution in [-0.2, 0) is 0 Å². The van der Waals surface area contributed by atoms with Crippen LogP contribution >= 0.6 is 12.8 Å². The molecule has 0 aliphatic heterocycles. The molecule has 3 atom stereocenters. The van der Waals surface area contributed by atoms with Crippen LogP contribution in [0.3, 0.4) is 0 Å². The molecule has 2 aliphatic rings. The van der Waals surface area contributed by atoms with Crippen molar-refractivity contribution < 1.29 is 0 Å². The molecular weight excluding hydrogens is 130 g/mol. The molecule has 0 aromatic heterocycles. The van der Waals surface area contributed by atoms with Gasteiger partial charge in [0.15, 0.2) is 0 Å². The molecule has 0 aromatic carbocycles. The predicted molar refractivity (Wildman–Crippen MR) is 41.4 cm³/mol.